The third-order valence-electron chi connectivity index (χ3n) is 5.80. The predicted molar refractivity (Wildman–Crippen MR) is 124 cm³/mol. The van der Waals surface area contributed by atoms with E-state index in [-0.39, 0.29) is 5.91 Å². The van der Waals surface area contributed by atoms with Gasteiger partial charge in [0.15, 0.2) is 10.8 Å². The van der Waals surface area contributed by atoms with Gasteiger partial charge in [-0.1, -0.05) is 36.1 Å². The maximum atomic E-state index is 12.5. The highest BCUT2D eigenvalue weighted by Crippen LogP contribution is 2.35. The summed E-state index contributed by atoms with van der Waals surface area (Å²) in [6.07, 6.45) is 7.49. The fourth-order valence-electron chi connectivity index (χ4n) is 4.30. The summed E-state index contributed by atoms with van der Waals surface area (Å²) in [5.74, 6) is 0.991. The van der Waals surface area contributed by atoms with Crippen LogP contribution in [-0.4, -0.2) is 39.7 Å². The molecule has 1 aliphatic heterocycles. The second kappa shape index (κ2) is 8.51. The highest BCUT2D eigenvalue weighted by atomic mass is 32.2. The maximum Gasteiger partial charge on any atom is 0.234 e. The molecule has 8 heteroatoms. The van der Waals surface area contributed by atoms with Crippen molar-refractivity contribution in [3.05, 3.63) is 35.7 Å². The van der Waals surface area contributed by atoms with E-state index < -0.39 is 0 Å². The summed E-state index contributed by atoms with van der Waals surface area (Å²) in [5.41, 5.74) is 4.38. The van der Waals surface area contributed by atoms with E-state index in [1.165, 1.54) is 42.2 Å². The van der Waals surface area contributed by atoms with Gasteiger partial charge in [0.05, 0.1) is 5.75 Å². The summed E-state index contributed by atoms with van der Waals surface area (Å²) in [4.78, 5) is 28.4. The number of thioether (sulfide) groups is 1. The lowest BCUT2D eigenvalue weighted by molar-refractivity contribution is -0.113. The van der Waals surface area contributed by atoms with E-state index in [2.05, 4.69) is 39.2 Å². The Balaban J connectivity index is 1.26. The minimum atomic E-state index is -0.0145. The van der Waals surface area contributed by atoms with Gasteiger partial charge in [-0.3, -0.25) is 4.79 Å². The van der Waals surface area contributed by atoms with Crippen LogP contribution >= 0.6 is 23.1 Å². The van der Waals surface area contributed by atoms with Crippen molar-refractivity contribution in [2.24, 2.45) is 5.92 Å². The lowest BCUT2D eigenvalue weighted by Crippen LogP contribution is -2.34. The Morgan fingerprint density at radius 2 is 2.17 bits per heavy atom. The number of benzene rings is 1. The standard InChI is InChI=1S/C22H25N5OS2/c1-14-4-3-9-27(11-14)22-26-20-19(30-22)21(24-13-23-20)29-12-18(28)25-17-8-7-15-5-2-6-16(15)10-17/h7-8,10,13-14H,2-6,9,11-12H2,1H3,(H,25,28)/t14-/m0/s1. The van der Waals surface area contributed by atoms with Crippen LogP contribution in [0.4, 0.5) is 10.8 Å². The number of aromatic nitrogens is 3. The zero-order chi connectivity index (χ0) is 20.5. The van der Waals surface area contributed by atoms with Gasteiger partial charge >= 0.3 is 0 Å². The summed E-state index contributed by atoms with van der Waals surface area (Å²) < 4.78 is 0.973. The van der Waals surface area contributed by atoms with E-state index in [9.17, 15) is 4.79 Å². The van der Waals surface area contributed by atoms with Crippen LogP contribution in [0.5, 0.6) is 0 Å². The van der Waals surface area contributed by atoms with E-state index in [4.69, 9.17) is 4.98 Å². The number of hydrogen-bond acceptors (Lipinski definition) is 7. The van der Waals surface area contributed by atoms with Gasteiger partial charge in [-0.05, 0) is 61.3 Å². The smallest absolute Gasteiger partial charge is 0.234 e. The summed E-state index contributed by atoms with van der Waals surface area (Å²) in [6, 6.07) is 6.26. The number of thiazole rings is 1. The molecule has 0 radical (unpaired) electrons. The molecule has 1 atom stereocenters. The van der Waals surface area contributed by atoms with E-state index in [0.29, 0.717) is 11.7 Å². The number of nitrogens with zero attached hydrogens (tertiary/aromatic N) is 4. The van der Waals surface area contributed by atoms with Crippen molar-refractivity contribution in [2.45, 2.75) is 44.1 Å². The number of anilines is 2. The van der Waals surface area contributed by atoms with E-state index in [1.807, 2.05) is 6.07 Å². The number of carbonyl (C=O) groups is 1. The number of amides is 1. The maximum absolute atomic E-state index is 12.5. The first-order chi connectivity index (χ1) is 14.7. The highest BCUT2D eigenvalue weighted by molar-refractivity contribution is 8.00. The molecule has 1 aromatic carbocycles. The number of aryl methyl sites for hydroxylation is 2. The molecule has 2 aromatic heterocycles. The van der Waals surface area contributed by atoms with Gasteiger partial charge in [0.2, 0.25) is 5.91 Å². The number of rotatable bonds is 5. The van der Waals surface area contributed by atoms with Crippen molar-refractivity contribution < 1.29 is 4.79 Å². The molecule has 30 heavy (non-hydrogen) atoms. The first-order valence-electron chi connectivity index (χ1n) is 10.6. The van der Waals surface area contributed by atoms with Gasteiger partial charge in [0.1, 0.15) is 16.1 Å². The van der Waals surface area contributed by atoms with Gasteiger partial charge in [0, 0.05) is 18.8 Å². The Morgan fingerprint density at radius 3 is 3.07 bits per heavy atom. The van der Waals surface area contributed by atoms with Crippen LogP contribution in [0.2, 0.25) is 0 Å². The quantitative estimate of drug-likeness (QED) is 0.465. The molecule has 1 aliphatic carbocycles. The zero-order valence-electron chi connectivity index (χ0n) is 17.1. The van der Waals surface area contributed by atoms with Crippen molar-refractivity contribution in [3.8, 4) is 0 Å². The average molecular weight is 440 g/mol. The lowest BCUT2D eigenvalue weighted by atomic mass is 10.0. The summed E-state index contributed by atoms with van der Waals surface area (Å²) in [5, 5.41) is 4.87. The van der Waals surface area contributed by atoms with Crippen LogP contribution in [0.1, 0.15) is 37.3 Å². The SMILES string of the molecule is C[C@H]1CCCN(c2nc3ncnc(SCC(=O)Nc4ccc5c(c4)CCC5)c3s2)C1. The van der Waals surface area contributed by atoms with Gasteiger partial charge in [-0.15, -0.1) is 0 Å². The molecule has 3 aromatic rings. The molecule has 6 nitrogen and oxygen atoms in total. The first-order valence-corrected chi connectivity index (χ1v) is 12.4. The zero-order valence-corrected chi connectivity index (χ0v) is 18.7. The lowest BCUT2D eigenvalue weighted by Gasteiger charge is -2.30. The van der Waals surface area contributed by atoms with Crippen molar-refractivity contribution in [3.63, 3.8) is 0 Å². The van der Waals surface area contributed by atoms with Crippen LogP contribution in [0.25, 0.3) is 10.3 Å². The minimum Gasteiger partial charge on any atom is -0.348 e. The van der Waals surface area contributed by atoms with Gasteiger partial charge < -0.3 is 10.2 Å². The largest absolute Gasteiger partial charge is 0.348 e. The highest BCUT2D eigenvalue weighted by Gasteiger charge is 2.21. The Labute approximate surface area is 184 Å². The number of hydrogen-bond donors (Lipinski definition) is 1. The average Bonchev–Trinajstić information content (AvgIpc) is 3.39. The molecule has 1 N–H and O–H groups in total. The second-order valence-electron chi connectivity index (χ2n) is 8.20. The van der Waals surface area contributed by atoms with Gasteiger partial charge in [0.25, 0.3) is 0 Å². The van der Waals surface area contributed by atoms with E-state index >= 15 is 0 Å². The Bertz CT molecular complexity index is 1080. The predicted octanol–water partition coefficient (Wildman–Crippen LogP) is 4.54. The van der Waals surface area contributed by atoms with Crippen LogP contribution in [0, 0.1) is 5.92 Å². The van der Waals surface area contributed by atoms with E-state index in [1.54, 1.807) is 17.7 Å². The van der Waals surface area contributed by atoms with Crippen LogP contribution in [0.3, 0.4) is 0 Å². The summed E-state index contributed by atoms with van der Waals surface area (Å²) in [7, 11) is 0. The molecule has 1 saturated heterocycles. The van der Waals surface area contributed by atoms with Gasteiger partial charge in [-0.25, -0.2) is 9.97 Å². The van der Waals surface area contributed by atoms with Crippen LogP contribution in [0.15, 0.2) is 29.6 Å². The number of carbonyl (C=O) groups excluding carboxylic acids is 1. The van der Waals surface area contributed by atoms with Crippen molar-refractivity contribution in [1.29, 1.82) is 0 Å². The monoisotopic (exact) mass is 439 g/mol. The Kier molecular flexibility index (Phi) is 5.60. The normalized spacial score (nSPS) is 18.6. The molecule has 0 spiro atoms. The molecule has 0 saturated carbocycles. The molecule has 1 fully saturated rings. The van der Waals surface area contributed by atoms with E-state index in [0.717, 1.165) is 52.1 Å². The topological polar surface area (TPSA) is 71.0 Å². The van der Waals surface area contributed by atoms with Gasteiger partial charge in [-0.2, -0.15) is 4.98 Å². The van der Waals surface area contributed by atoms with Crippen molar-refractivity contribution in [1.82, 2.24) is 15.0 Å². The van der Waals surface area contributed by atoms with Crippen molar-refractivity contribution in [2.75, 3.05) is 29.1 Å². The second-order valence-corrected chi connectivity index (χ2v) is 10.1. The molecule has 3 heterocycles. The summed E-state index contributed by atoms with van der Waals surface area (Å²) >= 11 is 3.09. The number of fused-ring (bicyclic) bond motifs is 2. The fourth-order valence-corrected chi connectivity index (χ4v) is 6.23. The third kappa shape index (κ3) is 4.16. The van der Waals surface area contributed by atoms with Crippen LogP contribution < -0.4 is 10.2 Å². The Morgan fingerprint density at radius 1 is 1.27 bits per heavy atom. The molecule has 1 amide bonds. The number of nitrogens with one attached hydrogen (secondary N) is 1. The molecule has 0 bridgehead atoms. The molecule has 2 aliphatic rings. The molecular weight excluding hydrogens is 414 g/mol. The molecular formula is C22H25N5OS2. The van der Waals surface area contributed by atoms with Crippen LogP contribution in [-0.2, 0) is 17.6 Å². The molecule has 0 unspecified atom stereocenters. The number of piperidine rings is 1. The summed E-state index contributed by atoms with van der Waals surface area (Å²) in [6.45, 7) is 4.38. The Hall–Kier alpha value is -2.19. The minimum absolute atomic E-state index is 0.0145. The molecule has 156 valence electrons. The third-order valence-corrected chi connectivity index (χ3v) is 8.03. The first kappa shape index (κ1) is 19.8. The van der Waals surface area contributed by atoms with Crippen molar-refractivity contribution >= 4 is 50.2 Å². The molecule has 5 rings (SSSR count). The fraction of sp³-hybridized carbons (Fsp3) is 0.455.